The fourth-order valence-electron chi connectivity index (χ4n) is 2.27. The molecule has 0 spiro atoms. The van der Waals surface area contributed by atoms with Gasteiger partial charge >= 0.3 is 0 Å². The molecule has 1 fully saturated rings. The molecule has 1 saturated heterocycles. The Morgan fingerprint density at radius 1 is 1.56 bits per heavy atom. The second-order valence-electron chi connectivity index (χ2n) is 4.72. The highest BCUT2D eigenvalue weighted by Crippen LogP contribution is 2.24. The molecule has 90 valence electrons. The van der Waals surface area contributed by atoms with Gasteiger partial charge in [-0.25, -0.2) is 0 Å². The first-order chi connectivity index (χ1) is 7.69. The van der Waals surface area contributed by atoms with Gasteiger partial charge < -0.3 is 0 Å². The Balaban J connectivity index is 1.90. The molecular weight excluding hydrogens is 266 g/mol. The van der Waals surface area contributed by atoms with Crippen molar-refractivity contribution in [3.63, 3.8) is 0 Å². The van der Waals surface area contributed by atoms with Crippen molar-refractivity contribution in [3.8, 4) is 0 Å². The van der Waals surface area contributed by atoms with Gasteiger partial charge in [0.1, 0.15) is 0 Å². The van der Waals surface area contributed by atoms with Crippen LogP contribution in [0.4, 0.5) is 0 Å². The lowest BCUT2D eigenvalue weighted by atomic mass is 10.00. The average molecular weight is 286 g/mol. The van der Waals surface area contributed by atoms with Crippen molar-refractivity contribution in [3.05, 3.63) is 18.0 Å². The van der Waals surface area contributed by atoms with E-state index in [-0.39, 0.29) is 0 Å². The van der Waals surface area contributed by atoms with Crippen LogP contribution in [0.2, 0.25) is 0 Å². The minimum Gasteiger partial charge on any atom is -0.299 e. The standard InChI is InChI=1S/C12H20BrN3/c1-3-16-9-11(6-14-16)8-15-5-4-12(13)10(2)7-15/h6,9-10,12H,3-5,7-8H2,1-2H3. The number of likely N-dealkylation sites (tertiary alicyclic amines) is 1. The molecule has 0 N–H and O–H groups in total. The van der Waals surface area contributed by atoms with Crippen molar-refractivity contribution in [2.75, 3.05) is 13.1 Å². The third-order valence-electron chi connectivity index (χ3n) is 3.30. The average Bonchev–Trinajstić information content (AvgIpc) is 2.71. The van der Waals surface area contributed by atoms with E-state index in [0.29, 0.717) is 4.83 Å². The van der Waals surface area contributed by atoms with E-state index in [0.717, 1.165) is 19.0 Å². The van der Waals surface area contributed by atoms with E-state index in [9.17, 15) is 0 Å². The van der Waals surface area contributed by atoms with Crippen LogP contribution in [0.3, 0.4) is 0 Å². The van der Waals surface area contributed by atoms with Crippen molar-refractivity contribution in [2.45, 2.75) is 38.2 Å². The Morgan fingerprint density at radius 2 is 2.38 bits per heavy atom. The molecule has 0 aliphatic carbocycles. The number of nitrogens with zero attached hydrogens (tertiary/aromatic N) is 3. The van der Waals surface area contributed by atoms with E-state index in [4.69, 9.17) is 0 Å². The van der Waals surface area contributed by atoms with Crippen molar-refractivity contribution in [1.82, 2.24) is 14.7 Å². The van der Waals surface area contributed by atoms with Gasteiger partial charge in [-0.3, -0.25) is 9.58 Å². The van der Waals surface area contributed by atoms with Crippen LogP contribution >= 0.6 is 15.9 Å². The van der Waals surface area contributed by atoms with E-state index in [1.165, 1.54) is 25.1 Å². The first-order valence-corrected chi connectivity index (χ1v) is 6.98. The fraction of sp³-hybridized carbons (Fsp3) is 0.750. The summed E-state index contributed by atoms with van der Waals surface area (Å²) in [5.41, 5.74) is 1.34. The van der Waals surface area contributed by atoms with Crippen LogP contribution in [0.25, 0.3) is 0 Å². The highest BCUT2D eigenvalue weighted by Gasteiger charge is 2.23. The Labute approximate surface area is 106 Å². The highest BCUT2D eigenvalue weighted by atomic mass is 79.9. The molecule has 3 nitrogen and oxygen atoms in total. The number of halogens is 1. The predicted octanol–water partition coefficient (Wildman–Crippen LogP) is 2.51. The molecule has 1 aromatic rings. The van der Waals surface area contributed by atoms with Gasteiger partial charge in [-0.15, -0.1) is 0 Å². The summed E-state index contributed by atoms with van der Waals surface area (Å²) in [5, 5.41) is 4.31. The second kappa shape index (κ2) is 5.32. The van der Waals surface area contributed by atoms with Crippen molar-refractivity contribution in [1.29, 1.82) is 0 Å². The van der Waals surface area contributed by atoms with Crippen LogP contribution in [-0.4, -0.2) is 32.6 Å². The molecular formula is C12H20BrN3. The number of piperidine rings is 1. The topological polar surface area (TPSA) is 21.1 Å². The maximum Gasteiger partial charge on any atom is 0.0534 e. The molecule has 0 radical (unpaired) electrons. The van der Waals surface area contributed by atoms with Gasteiger partial charge in [-0.2, -0.15) is 5.10 Å². The molecule has 4 heteroatoms. The summed E-state index contributed by atoms with van der Waals surface area (Å²) in [4.78, 5) is 3.22. The lowest BCUT2D eigenvalue weighted by Crippen LogP contribution is -2.39. The van der Waals surface area contributed by atoms with Gasteiger partial charge in [0.2, 0.25) is 0 Å². The Bertz CT molecular complexity index is 337. The zero-order chi connectivity index (χ0) is 11.5. The molecule has 2 atom stereocenters. The maximum atomic E-state index is 4.31. The zero-order valence-corrected chi connectivity index (χ0v) is 11.7. The minimum atomic E-state index is 0.696. The Morgan fingerprint density at radius 3 is 3.00 bits per heavy atom. The predicted molar refractivity (Wildman–Crippen MR) is 69.7 cm³/mol. The van der Waals surface area contributed by atoms with Crippen LogP contribution in [0, 0.1) is 5.92 Å². The molecule has 0 aromatic carbocycles. The van der Waals surface area contributed by atoms with E-state index in [2.05, 4.69) is 46.0 Å². The second-order valence-corrected chi connectivity index (χ2v) is 5.90. The van der Waals surface area contributed by atoms with Crippen LogP contribution in [0.1, 0.15) is 25.8 Å². The maximum absolute atomic E-state index is 4.31. The van der Waals surface area contributed by atoms with Crippen LogP contribution in [0.15, 0.2) is 12.4 Å². The van der Waals surface area contributed by atoms with Crippen LogP contribution in [-0.2, 0) is 13.1 Å². The number of hydrogen-bond acceptors (Lipinski definition) is 2. The smallest absolute Gasteiger partial charge is 0.0534 e. The molecule has 2 heterocycles. The molecule has 1 aliphatic rings. The van der Waals surface area contributed by atoms with Crippen LogP contribution < -0.4 is 0 Å². The molecule has 0 saturated carbocycles. The first kappa shape index (κ1) is 12.1. The molecule has 2 rings (SSSR count). The van der Waals surface area contributed by atoms with Crippen LogP contribution in [0.5, 0.6) is 0 Å². The fourth-order valence-corrected chi connectivity index (χ4v) is 2.64. The van der Waals surface area contributed by atoms with Gasteiger partial charge in [0.15, 0.2) is 0 Å². The largest absolute Gasteiger partial charge is 0.299 e. The SMILES string of the molecule is CCn1cc(CN2CCC(Br)C(C)C2)cn1. The lowest BCUT2D eigenvalue weighted by molar-refractivity contribution is 0.183. The third-order valence-corrected chi connectivity index (χ3v) is 4.66. The number of hydrogen-bond donors (Lipinski definition) is 0. The van der Waals surface area contributed by atoms with Gasteiger partial charge in [-0.05, 0) is 25.8 Å². The van der Waals surface area contributed by atoms with E-state index < -0.39 is 0 Å². The Hall–Kier alpha value is -0.350. The summed E-state index contributed by atoms with van der Waals surface area (Å²) in [7, 11) is 0. The molecule has 1 aromatic heterocycles. The van der Waals surface area contributed by atoms with Crippen molar-refractivity contribution in [2.24, 2.45) is 5.92 Å². The summed E-state index contributed by atoms with van der Waals surface area (Å²) < 4.78 is 2.00. The third kappa shape index (κ3) is 2.86. The normalized spacial score (nSPS) is 27.2. The Kier molecular flexibility index (Phi) is 4.03. The first-order valence-electron chi connectivity index (χ1n) is 6.06. The molecule has 1 aliphatic heterocycles. The minimum absolute atomic E-state index is 0.696. The number of aryl methyl sites for hydroxylation is 1. The number of alkyl halides is 1. The van der Waals surface area contributed by atoms with Crippen molar-refractivity contribution >= 4 is 15.9 Å². The quantitative estimate of drug-likeness (QED) is 0.796. The van der Waals surface area contributed by atoms with E-state index in [1.54, 1.807) is 0 Å². The van der Waals surface area contributed by atoms with Gasteiger partial charge in [0.25, 0.3) is 0 Å². The number of aromatic nitrogens is 2. The summed E-state index contributed by atoms with van der Waals surface area (Å²) in [6.45, 7) is 8.82. The molecule has 0 bridgehead atoms. The number of rotatable bonds is 3. The summed E-state index contributed by atoms with van der Waals surface area (Å²) >= 11 is 3.74. The molecule has 16 heavy (non-hydrogen) atoms. The monoisotopic (exact) mass is 285 g/mol. The summed E-state index contributed by atoms with van der Waals surface area (Å²) in [6, 6.07) is 0. The van der Waals surface area contributed by atoms with Crippen molar-refractivity contribution < 1.29 is 0 Å². The summed E-state index contributed by atoms with van der Waals surface area (Å²) in [5.74, 6) is 0.745. The van der Waals surface area contributed by atoms with E-state index >= 15 is 0 Å². The van der Waals surface area contributed by atoms with Gasteiger partial charge in [0, 0.05) is 36.2 Å². The lowest BCUT2D eigenvalue weighted by Gasteiger charge is -2.33. The zero-order valence-electron chi connectivity index (χ0n) is 10.1. The van der Waals surface area contributed by atoms with Gasteiger partial charge in [0.05, 0.1) is 6.20 Å². The van der Waals surface area contributed by atoms with Gasteiger partial charge in [-0.1, -0.05) is 22.9 Å². The highest BCUT2D eigenvalue weighted by molar-refractivity contribution is 9.09. The van der Waals surface area contributed by atoms with E-state index in [1.807, 2.05) is 10.9 Å². The summed E-state index contributed by atoms with van der Waals surface area (Å²) in [6.07, 6.45) is 5.41. The molecule has 2 unspecified atom stereocenters. The molecule has 0 amide bonds.